The first-order valence-electron chi connectivity index (χ1n) is 7.83. The molecule has 1 aliphatic rings. The summed E-state index contributed by atoms with van der Waals surface area (Å²) in [5, 5.41) is 3.30. The van der Waals surface area contributed by atoms with Crippen LogP contribution >= 0.6 is 22.9 Å². The molecule has 1 fully saturated rings. The normalized spacial score (nSPS) is 18.3. The van der Waals surface area contributed by atoms with E-state index in [2.05, 4.69) is 10.2 Å². The molecule has 2 nitrogen and oxygen atoms in total. The van der Waals surface area contributed by atoms with Gasteiger partial charge in [-0.1, -0.05) is 29.8 Å². The lowest BCUT2D eigenvalue weighted by Gasteiger charge is -2.32. The predicted molar refractivity (Wildman–Crippen MR) is 91.7 cm³/mol. The molecular formula is C17H18ClF3N2S. The van der Waals surface area contributed by atoms with Crippen LogP contribution in [0.15, 0.2) is 36.4 Å². The first-order valence-corrected chi connectivity index (χ1v) is 9.02. The van der Waals surface area contributed by atoms with Gasteiger partial charge < -0.3 is 5.32 Å². The summed E-state index contributed by atoms with van der Waals surface area (Å²) in [7, 11) is 0. The van der Waals surface area contributed by atoms with E-state index in [0.717, 1.165) is 37.0 Å². The molecule has 0 spiro atoms. The van der Waals surface area contributed by atoms with Crippen molar-refractivity contribution in [3.8, 4) is 0 Å². The molecule has 0 radical (unpaired) electrons. The van der Waals surface area contributed by atoms with Crippen LogP contribution in [0, 0.1) is 0 Å². The highest BCUT2D eigenvalue weighted by atomic mass is 35.5. The number of benzene rings is 1. The van der Waals surface area contributed by atoms with Gasteiger partial charge in [-0.2, -0.15) is 13.2 Å². The minimum atomic E-state index is -4.38. The Morgan fingerprint density at radius 2 is 1.88 bits per heavy atom. The fourth-order valence-corrected chi connectivity index (χ4v) is 4.34. The van der Waals surface area contributed by atoms with Crippen molar-refractivity contribution >= 4 is 22.9 Å². The minimum Gasteiger partial charge on any atom is -0.315 e. The van der Waals surface area contributed by atoms with Crippen molar-refractivity contribution in [2.75, 3.05) is 26.2 Å². The van der Waals surface area contributed by atoms with Crippen LogP contribution in [-0.2, 0) is 6.18 Å². The standard InChI is InChI=1S/C17H18ClF3N2S/c18-15-7-6-14(24-15)16(23-10-3-8-22-9-11-23)12-4-1-2-5-13(12)17(19,20)21/h1-2,4-7,16,22H,3,8-11H2. The summed E-state index contributed by atoms with van der Waals surface area (Å²) in [4.78, 5) is 2.96. The van der Waals surface area contributed by atoms with Crippen molar-refractivity contribution in [3.05, 3.63) is 56.7 Å². The highest BCUT2D eigenvalue weighted by molar-refractivity contribution is 7.16. The molecule has 7 heteroatoms. The van der Waals surface area contributed by atoms with Gasteiger partial charge in [0, 0.05) is 24.5 Å². The number of hydrogen-bond acceptors (Lipinski definition) is 3. The summed E-state index contributed by atoms with van der Waals surface area (Å²) in [6.07, 6.45) is -3.47. The second-order valence-corrected chi connectivity index (χ2v) is 7.52. The van der Waals surface area contributed by atoms with Crippen LogP contribution in [0.4, 0.5) is 13.2 Å². The summed E-state index contributed by atoms with van der Waals surface area (Å²) in [6, 6.07) is 9.01. The highest BCUT2D eigenvalue weighted by Crippen LogP contribution is 2.41. The topological polar surface area (TPSA) is 15.3 Å². The van der Waals surface area contributed by atoms with E-state index >= 15 is 0 Å². The molecule has 130 valence electrons. The Bertz CT molecular complexity index is 678. The lowest BCUT2D eigenvalue weighted by molar-refractivity contribution is -0.138. The third kappa shape index (κ3) is 3.94. The number of nitrogens with zero attached hydrogens (tertiary/aromatic N) is 1. The van der Waals surface area contributed by atoms with Crippen LogP contribution in [0.25, 0.3) is 0 Å². The molecular weight excluding hydrogens is 357 g/mol. The first kappa shape index (κ1) is 17.7. The number of hydrogen-bond donors (Lipinski definition) is 1. The van der Waals surface area contributed by atoms with Gasteiger partial charge in [-0.15, -0.1) is 11.3 Å². The number of nitrogens with one attached hydrogen (secondary N) is 1. The van der Waals surface area contributed by atoms with E-state index in [1.807, 2.05) is 6.07 Å². The van der Waals surface area contributed by atoms with Gasteiger partial charge in [0.05, 0.1) is 15.9 Å². The number of rotatable bonds is 3. The van der Waals surface area contributed by atoms with Crippen LogP contribution in [0.1, 0.15) is 28.5 Å². The molecule has 0 saturated carbocycles. The maximum Gasteiger partial charge on any atom is 0.416 e. The summed E-state index contributed by atoms with van der Waals surface area (Å²) < 4.78 is 41.2. The fourth-order valence-electron chi connectivity index (χ4n) is 3.12. The zero-order valence-electron chi connectivity index (χ0n) is 12.9. The SMILES string of the molecule is FC(F)(F)c1ccccc1C(c1ccc(Cl)s1)N1CCCNCC1. The first-order chi connectivity index (χ1) is 11.5. The molecule has 1 aliphatic heterocycles. The van der Waals surface area contributed by atoms with Crippen LogP contribution < -0.4 is 5.32 Å². The van der Waals surface area contributed by atoms with Gasteiger partial charge in [0.1, 0.15) is 0 Å². The van der Waals surface area contributed by atoms with E-state index in [4.69, 9.17) is 11.6 Å². The molecule has 1 aromatic heterocycles. The summed E-state index contributed by atoms with van der Waals surface area (Å²) >= 11 is 7.40. The van der Waals surface area contributed by atoms with E-state index in [1.54, 1.807) is 18.2 Å². The Kier molecular flexibility index (Phi) is 5.49. The van der Waals surface area contributed by atoms with Crippen molar-refractivity contribution in [3.63, 3.8) is 0 Å². The van der Waals surface area contributed by atoms with E-state index in [9.17, 15) is 13.2 Å². The van der Waals surface area contributed by atoms with Gasteiger partial charge in [-0.05, 0) is 36.7 Å². The van der Waals surface area contributed by atoms with Crippen LogP contribution in [0.3, 0.4) is 0 Å². The van der Waals surface area contributed by atoms with Crippen molar-refractivity contribution in [2.45, 2.75) is 18.6 Å². The van der Waals surface area contributed by atoms with Crippen LogP contribution in [0.5, 0.6) is 0 Å². The summed E-state index contributed by atoms with van der Waals surface area (Å²) in [5.74, 6) is 0. The third-order valence-corrected chi connectivity index (χ3v) is 5.45. The smallest absolute Gasteiger partial charge is 0.315 e. The average Bonchev–Trinajstić information content (AvgIpc) is 2.80. The Balaban J connectivity index is 2.08. The molecule has 1 aromatic carbocycles. The van der Waals surface area contributed by atoms with Crippen molar-refractivity contribution in [1.82, 2.24) is 10.2 Å². The van der Waals surface area contributed by atoms with Crippen molar-refractivity contribution < 1.29 is 13.2 Å². The third-order valence-electron chi connectivity index (χ3n) is 4.16. The number of halogens is 4. The molecule has 1 saturated heterocycles. The van der Waals surface area contributed by atoms with Gasteiger partial charge in [0.25, 0.3) is 0 Å². The number of alkyl halides is 3. The molecule has 3 rings (SSSR count). The van der Waals surface area contributed by atoms with Crippen molar-refractivity contribution in [2.24, 2.45) is 0 Å². The molecule has 1 atom stereocenters. The van der Waals surface area contributed by atoms with Gasteiger partial charge in [-0.25, -0.2) is 0 Å². The van der Waals surface area contributed by atoms with E-state index in [-0.39, 0.29) is 0 Å². The van der Waals surface area contributed by atoms with Gasteiger partial charge in [0.2, 0.25) is 0 Å². The maximum absolute atomic E-state index is 13.5. The summed E-state index contributed by atoms with van der Waals surface area (Å²) in [6.45, 7) is 3.10. The largest absolute Gasteiger partial charge is 0.416 e. The van der Waals surface area contributed by atoms with Gasteiger partial charge in [-0.3, -0.25) is 4.90 Å². The molecule has 1 N–H and O–H groups in total. The quantitative estimate of drug-likeness (QED) is 0.829. The van der Waals surface area contributed by atoms with Crippen LogP contribution in [0.2, 0.25) is 4.34 Å². The zero-order valence-corrected chi connectivity index (χ0v) is 14.5. The lowest BCUT2D eigenvalue weighted by Crippen LogP contribution is -2.33. The summed E-state index contributed by atoms with van der Waals surface area (Å²) in [5.41, 5.74) is -0.276. The van der Waals surface area contributed by atoms with E-state index < -0.39 is 17.8 Å². The molecule has 24 heavy (non-hydrogen) atoms. The Morgan fingerprint density at radius 3 is 2.58 bits per heavy atom. The van der Waals surface area contributed by atoms with E-state index in [0.29, 0.717) is 16.4 Å². The van der Waals surface area contributed by atoms with Gasteiger partial charge >= 0.3 is 6.18 Å². The molecule has 0 aliphatic carbocycles. The molecule has 2 aromatic rings. The Labute approximate surface area is 148 Å². The molecule has 2 heterocycles. The second-order valence-electron chi connectivity index (χ2n) is 5.77. The van der Waals surface area contributed by atoms with Gasteiger partial charge in [0.15, 0.2) is 0 Å². The zero-order chi connectivity index (χ0) is 17.2. The van der Waals surface area contributed by atoms with Crippen molar-refractivity contribution in [1.29, 1.82) is 0 Å². The maximum atomic E-state index is 13.5. The average molecular weight is 375 g/mol. The fraction of sp³-hybridized carbons (Fsp3) is 0.412. The van der Waals surface area contributed by atoms with E-state index in [1.165, 1.54) is 17.4 Å². The minimum absolute atomic E-state index is 0.297. The predicted octanol–water partition coefficient (Wildman–Crippen LogP) is 4.81. The molecule has 1 unspecified atom stereocenters. The lowest BCUT2D eigenvalue weighted by atomic mass is 9.97. The Morgan fingerprint density at radius 1 is 1.08 bits per heavy atom. The van der Waals surface area contributed by atoms with Crippen LogP contribution in [-0.4, -0.2) is 31.1 Å². The second kappa shape index (κ2) is 7.44. The monoisotopic (exact) mass is 374 g/mol. The Hall–Kier alpha value is -1.08. The molecule has 0 bridgehead atoms. The highest BCUT2D eigenvalue weighted by Gasteiger charge is 2.37. The molecule has 0 amide bonds. The number of thiophene rings is 1.